The van der Waals surface area contributed by atoms with Gasteiger partial charge in [0.1, 0.15) is 0 Å². The first-order chi connectivity index (χ1) is 10.0. The molecule has 22 heavy (non-hydrogen) atoms. The molecule has 0 heterocycles. The van der Waals surface area contributed by atoms with E-state index in [0.29, 0.717) is 0 Å². The lowest BCUT2D eigenvalue weighted by Gasteiger charge is -2.18. The summed E-state index contributed by atoms with van der Waals surface area (Å²) < 4.78 is 38.4. The maximum absolute atomic E-state index is 12.8. The van der Waals surface area contributed by atoms with Crippen LogP contribution in [-0.2, 0) is 11.0 Å². The molecule has 1 aromatic carbocycles. The molecule has 0 saturated carbocycles. The first-order valence-electron chi connectivity index (χ1n) is 6.76. The largest absolute Gasteiger partial charge is 0.417 e. The minimum atomic E-state index is -4.59. The number of carbonyl (C=O) groups is 2. The Balaban J connectivity index is 2.59. The fraction of sp³-hybridized carbons (Fsp3) is 0.467. The smallest absolute Gasteiger partial charge is 0.354 e. The summed E-state index contributed by atoms with van der Waals surface area (Å²) in [5.41, 5.74) is -1.98. The molecule has 2 amide bonds. The van der Waals surface area contributed by atoms with Gasteiger partial charge in [-0.1, -0.05) is 32.9 Å². The first-order valence-corrected chi connectivity index (χ1v) is 6.76. The van der Waals surface area contributed by atoms with Crippen LogP contribution in [0.3, 0.4) is 0 Å². The average molecular weight is 316 g/mol. The molecule has 7 heteroatoms. The van der Waals surface area contributed by atoms with Gasteiger partial charge in [0.2, 0.25) is 5.91 Å². The summed E-state index contributed by atoms with van der Waals surface area (Å²) in [5, 5.41) is 4.96. The molecule has 0 atom stereocenters. The second-order valence-electron chi connectivity index (χ2n) is 5.81. The average Bonchev–Trinajstić information content (AvgIpc) is 2.41. The third kappa shape index (κ3) is 5.05. The predicted molar refractivity (Wildman–Crippen MR) is 76.2 cm³/mol. The number of carbonyl (C=O) groups excluding carboxylic acids is 2. The van der Waals surface area contributed by atoms with Crippen molar-refractivity contribution in [2.75, 3.05) is 13.1 Å². The molecule has 0 aromatic heterocycles. The Morgan fingerprint density at radius 1 is 1.00 bits per heavy atom. The summed E-state index contributed by atoms with van der Waals surface area (Å²) in [6.07, 6.45) is -4.59. The Labute approximate surface area is 127 Å². The maximum atomic E-state index is 12.8. The van der Waals surface area contributed by atoms with Crippen molar-refractivity contribution in [2.45, 2.75) is 26.9 Å². The van der Waals surface area contributed by atoms with E-state index in [1.54, 1.807) is 20.8 Å². The molecular weight excluding hydrogens is 297 g/mol. The van der Waals surface area contributed by atoms with E-state index in [2.05, 4.69) is 10.6 Å². The normalized spacial score (nSPS) is 11.9. The molecule has 0 aliphatic rings. The third-order valence-corrected chi connectivity index (χ3v) is 2.85. The van der Waals surface area contributed by atoms with Crippen LogP contribution in [0.5, 0.6) is 0 Å². The van der Waals surface area contributed by atoms with E-state index >= 15 is 0 Å². The standard InChI is InChI=1S/C15H19F3N2O2/c1-14(2,3)13(22)20-9-8-19-12(21)10-6-4-5-7-11(10)15(16,17)18/h4-7H,8-9H2,1-3H3,(H,19,21)(H,20,22). The summed E-state index contributed by atoms with van der Waals surface area (Å²) in [7, 11) is 0. The Hall–Kier alpha value is -2.05. The van der Waals surface area contributed by atoms with Crippen molar-refractivity contribution in [3.63, 3.8) is 0 Å². The van der Waals surface area contributed by atoms with Crippen LogP contribution >= 0.6 is 0 Å². The summed E-state index contributed by atoms with van der Waals surface area (Å²) in [4.78, 5) is 23.4. The maximum Gasteiger partial charge on any atom is 0.417 e. The summed E-state index contributed by atoms with van der Waals surface area (Å²) in [6, 6.07) is 4.57. The zero-order valence-corrected chi connectivity index (χ0v) is 12.7. The van der Waals surface area contributed by atoms with E-state index in [9.17, 15) is 22.8 Å². The van der Waals surface area contributed by atoms with Gasteiger partial charge in [-0.3, -0.25) is 9.59 Å². The van der Waals surface area contributed by atoms with Gasteiger partial charge in [0, 0.05) is 18.5 Å². The Bertz CT molecular complexity index is 548. The van der Waals surface area contributed by atoms with Gasteiger partial charge in [-0.25, -0.2) is 0 Å². The van der Waals surface area contributed by atoms with Gasteiger partial charge in [0.25, 0.3) is 5.91 Å². The van der Waals surface area contributed by atoms with Gasteiger partial charge in [-0.05, 0) is 12.1 Å². The SMILES string of the molecule is CC(C)(C)C(=O)NCCNC(=O)c1ccccc1C(F)(F)F. The molecule has 0 aliphatic carbocycles. The van der Waals surface area contributed by atoms with Crippen molar-refractivity contribution in [1.82, 2.24) is 10.6 Å². The van der Waals surface area contributed by atoms with Crippen LogP contribution in [0, 0.1) is 5.41 Å². The van der Waals surface area contributed by atoms with E-state index in [1.165, 1.54) is 12.1 Å². The molecule has 0 aliphatic heterocycles. The monoisotopic (exact) mass is 316 g/mol. The molecule has 0 spiro atoms. The van der Waals surface area contributed by atoms with Gasteiger partial charge in [-0.15, -0.1) is 0 Å². The van der Waals surface area contributed by atoms with Crippen molar-refractivity contribution in [2.24, 2.45) is 5.41 Å². The number of rotatable bonds is 4. The van der Waals surface area contributed by atoms with Crippen LogP contribution in [0.15, 0.2) is 24.3 Å². The van der Waals surface area contributed by atoms with Crippen LogP contribution < -0.4 is 10.6 Å². The molecule has 0 saturated heterocycles. The van der Waals surface area contributed by atoms with Crippen LogP contribution in [0.2, 0.25) is 0 Å². The van der Waals surface area contributed by atoms with Crippen molar-refractivity contribution < 1.29 is 22.8 Å². The van der Waals surface area contributed by atoms with Crippen molar-refractivity contribution in [3.8, 4) is 0 Å². The predicted octanol–water partition coefficient (Wildman–Crippen LogP) is 2.60. The number of benzene rings is 1. The molecule has 4 nitrogen and oxygen atoms in total. The second kappa shape index (κ2) is 6.81. The summed E-state index contributed by atoms with van der Waals surface area (Å²) in [6.45, 7) is 5.41. The number of halogens is 3. The Kier molecular flexibility index (Phi) is 5.57. The molecule has 0 unspecified atom stereocenters. The van der Waals surface area contributed by atoms with Gasteiger partial charge in [0.15, 0.2) is 0 Å². The molecule has 0 radical (unpaired) electrons. The number of amides is 2. The Morgan fingerprint density at radius 2 is 1.55 bits per heavy atom. The van der Waals surface area contributed by atoms with Crippen molar-refractivity contribution in [3.05, 3.63) is 35.4 Å². The fourth-order valence-corrected chi connectivity index (χ4v) is 1.64. The number of alkyl halides is 3. The fourth-order valence-electron chi connectivity index (χ4n) is 1.64. The van der Waals surface area contributed by atoms with Crippen molar-refractivity contribution in [1.29, 1.82) is 0 Å². The van der Waals surface area contributed by atoms with Crippen LogP contribution in [0.1, 0.15) is 36.7 Å². The number of nitrogens with one attached hydrogen (secondary N) is 2. The second-order valence-corrected chi connectivity index (χ2v) is 5.81. The van der Waals surface area contributed by atoms with E-state index in [0.717, 1.165) is 12.1 Å². The van der Waals surface area contributed by atoms with Gasteiger partial charge >= 0.3 is 6.18 Å². The highest BCUT2D eigenvalue weighted by atomic mass is 19.4. The third-order valence-electron chi connectivity index (χ3n) is 2.85. The highest BCUT2D eigenvalue weighted by Gasteiger charge is 2.34. The molecule has 122 valence electrons. The van der Waals surface area contributed by atoms with E-state index in [4.69, 9.17) is 0 Å². The summed E-state index contributed by atoms with van der Waals surface area (Å²) >= 11 is 0. The molecule has 1 rings (SSSR count). The van der Waals surface area contributed by atoms with Gasteiger partial charge < -0.3 is 10.6 Å². The molecular formula is C15H19F3N2O2. The molecule has 2 N–H and O–H groups in total. The minimum Gasteiger partial charge on any atom is -0.354 e. The highest BCUT2D eigenvalue weighted by Crippen LogP contribution is 2.31. The van der Waals surface area contributed by atoms with Gasteiger partial charge in [-0.2, -0.15) is 13.2 Å². The lowest BCUT2D eigenvalue weighted by atomic mass is 9.96. The Morgan fingerprint density at radius 3 is 2.09 bits per heavy atom. The zero-order chi connectivity index (χ0) is 17.0. The quantitative estimate of drug-likeness (QED) is 0.839. The summed E-state index contributed by atoms with van der Waals surface area (Å²) in [5.74, 6) is -1.02. The van der Waals surface area contributed by atoms with Crippen molar-refractivity contribution >= 4 is 11.8 Å². The lowest BCUT2D eigenvalue weighted by Crippen LogP contribution is -2.40. The lowest BCUT2D eigenvalue weighted by molar-refractivity contribution is -0.138. The van der Waals surface area contributed by atoms with E-state index in [-0.39, 0.29) is 19.0 Å². The van der Waals surface area contributed by atoms with E-state index in [1.807, 2.05) is 0 Å². The minimum absolute atomic E-state index is 0.0485. The number of hydrogen-bond donors (Lipinski definition) is 2. The topological polar surface area (TPSA) is 58.2 Å². The van der Waals surface area contributed by atoms with Crippen LogP contribution in [0.25, 0.3) is 0 Å². The van der Waals surface area contributed by atoms with Gasteiger partial charge in [0.05, 0.1) is 11.1 Å². The molecule has 1 aromatic rings. The first kappa shape index (κ1) is 18.0. The molecule has 0 bridgehead atoms. The van der Waals surface area contributed by atoms with Crippen LogP contribution in [0.4, 0.5) is 13.2 Å². The number of hydrogen-bond acceptors (Lipinski definition) is 2. The highest BCUT2D eigenvalue weighted by molar-refractivity contribution is 5.95. The van der Waals surface area contributed by atoms with E-state index < -0.39 is 28.6 Å². The molecule has 0 fully saturated rings. The zero-order valence-electron chi connectivity index (χ0n) is 12.7. The van der Waals surface area contributed by atoms with Crippen LogP contribution in [-0.4, -0.2) is 24.9 Å².